The summed E-state index contributed by atoms with van der Waals surface area (Å²) in [6, 6.07) is 5.86. The lowest BCUT2D eigenvalue weighted by Gasteiger charge is -2.33. The lowest BCUT2D eigenvalue weighted by molar-refractivity contribution is -0.117. The van der Waals surface area contributed by atoms with E-state index in [1.54, 1.807) is 25.1 Å². The summed E-state index contributed by atoms with van der Waals surface area (Å²) < 4.78 is 18.1. The van der Waals surface area contributed by atoms with E-state index in [2.05, 4.69) is 10.2 Å². The molecule has 1 aliphatic heterocycles. The highest BCUT2D eigenvalue weighted by atomic mass is 19.1. The molecule has 1 heterocycles. The molecule has 6 heteroatoms. The van der Waals surface area contributed by atoms with Gasteiger partial charge in [0.2, 0.25) is 5.91 Å². The van der Waals surface area contributed by atoms with Gasteiger partial charge >= 0.3 is 0 Å². The largest absolute Gasteiger partial charge is 0.387 e. The van der Waals surface area contributed by atoms with Crippen LogP contribution in [0.4, 0.5) is 4.39 Å². The molecule has 23 heavy (non-hydrogen) atoms. The standard InChI is InChI=1S/C17H23FN2O3/c1-17(22,13-20-8-10-23-11-9-20)12-19-16(21)7-4-14-2-5-15(18)6-3-14/h2-7,22H,8-13H2,1H3,(H,19,21). The van der Waals surface area contributed by atoms with Gasteiger partial charge in [-0.3, -0.25) is 9.69 Å². The Balaban J connectivity index is 1.76. The highest BCUT2D eigenvalue weighted by Gasteiger charge is 2.25. The number of rotatable bonds is 6. The minimum Gasteiger partial charge on any atom is -0.387 e. The third kappa shape index (κ3) is 6.48. The monoisotopic (exact) mass is 322 g/mol. The van der Waals surface area contributed by atoms with Gasteiger partial charge in [-0.15, -0.1) is 0 Å². The average Bonchev–Trinajstić information content (AvgIpc) is 2.53. The number of benzene rings is 1. The normalized spacial score (nSPS) is 18.7. The molecule has 1 aromatic carbocycles. The number of amides is 1. The van der Waals surface area contributed by atoms with Crippen molar-refractivity contribution < 1.29 is 19.0 Å². The maximum atomic E-state index is 12.8. The van der Waals surface area contributed by atoms with Crippen LogP contribution >= 0.6 is 0 Å². The van der Waals surface area contributed by atoms with Gasteiger partial charge in [0.25, 0.3) is 0 Å². The van der Waals surface area contributed by atoms with E-state index in [4.69, 9.17) is 4.74 Å². The van der Waals surface area contributed by atoms with Gasteiger partial charge in [-0.05, 0) is 30.7 Å². The van der Waals surface area contributed by atoms with Gasteiger partial charge < -0.3 is 15.2 Å². The van der Waals surface area contributed by atoms with Crippen molar-refractivity contribution in [2.24, 2.45) is 0 Å². The zero-order valence-electron chi connectivity index (χ0n) is 13.3. The van der Waals surface area contributed by atoms with Gasteiger partial charge in [0.1, 0.15) is 5.82 Å². The quantitative estimate of drug-likeness (QED) is 0.768. The third-order valence-corrected chi connectivity index (χ3v) is 3.61. The number of aliphatic hydroxyl groups is 1. The average molecular weight is 322 g/mol. The fourth-order valence-electron chi connectivity index (χ4n) is 2.38. The number of carbonyl (C=O) groups is 1. The SMILES string of the molecule is CC(O)(CNC(=O)C=Cc1ccc(F)cc1)CN1CCOCC1. The van der Waals surface area contributed by atoms with E-state index < -0.39 is 5.60 Å². The molecule has 1 aromatic rings. The molecule has 0 aliphatic carbocycles. The number of halogens is 1. The van der Waals surface area contributed by atoms with Crippen molar-refractivity contribution in [3.63, 3.8) is 0 Å². The van der Waals surface area contributed by atoms with Gasteiger partial charge in [0.15, 0.2) is 0 Å². The second-order valence-corrected chi connectivity index (χ2v) is 5.99. The van der Waals surface area contributed by atoms with Crippen LogP contribution in [0.25, 0.3) is 6.08 Å². The first-order chi connectivity index (χ1) is 10.9. The van der Waals surface area contributed by atoms with Crippen molar-refractivity contribution in [3.05, 3.63) is 41.7 Å². The molecular formula is C17H23FN2O3. The zero-order valence-corrected chi connectivity index (χ0v) is 13.3. The number of ether oxygens (including phenoxy) is 1. The van der Waals surface area contributed by atoms with Crippen LogP contribution in [0, 0.1) is 5.82 Å². The van der Waals surface area contributed by atoms with E-state index in [1.165, 1.54) is 18.2 Å². The molecule has 0 spiro atoms. The molecule has 2 rings (SSSR count). The predicted octanol–water partition coefficient (Wildman–Crippen LogP) is 1.04. The summed E-state index contributed by atoms with van der Waals surface area (Å²) in [4.78, 5) is 13.9. The maximum absolute atomic E-state index is 12.8. The molecule has 0 bridgehead atoms. The van der Waals surface area contributed by atoms with E-state index in [0.29, 0.717) is 19.8 Å². The Morgan fingerprint density at radius 2 is 2.04 bits per heavy atom. The van der Waals surface area contributed by atoms with Crippen LogP contribution in [-0.4, -0.2) is 60.9 Å². The summed E-state index contributed by atoms with van der Waals surface area (Å²) in [6.45, 7) is 5.26. The van der Waals surface area contributed by atoms with Gasteiger partial charge in [0.05, 0.1) is 18.8 Å². The van der Waals surface area contributed by atoms with Gasteiger partial charge in [-0.1, -0.05) is 12.1 Å². The van der Waals surface area contributed by atoms with Crippen molar-refractivity contribution in [2.75, 3.05) is 39.4 Å². The molecule has 1 unspecified atom stereocenters. The summed E-state index contributed by atoms with van der Waals surface area (Å²) in [5, 5.41) is 13.1. The first kappa shape index (κ1) is 17.6. The van der Waals surface area contributed by atoms with E-state index >= 15 is 0 Å². The van der Waals surface area contributed by atoms with Crippen LogP contribution in [0.5, 0.6) is 0 Å². The maximum Gasteiger partial charge on any atom is 0.244 e. The first-order valence-corrected chi connectivity index (χ1v) is 7.69. The highest BCUT2D eigenvalue weighted by Crippen LogP contribution is 2.08. The molecule has 0 aromatic heterocycles. The van der Waals surface area contributed by atoms with Crippen molar-refractivity contribution in [1.82, 2.24) is 10.2 Å². The molecule has 0 radical (unpaired) electrons. The minimum absolute atomic E-state index is 0.164. The van der Waals surface area contributed by atoms with E-state index in [1.807, 2.05) is 0 Å². The summed E-state index contributed by atoms with van der Waals surface area (Å²) in [5.41, 5.74) is -0.266. The number of nitrogens with zero attached hydrogens (tertiary/aromatic N) is 1. The molecule has 1 saturated heterocycles. The van der Waals surface area contributed by atoms with Crippen molar-refractivity contribution >= 4 is 12.0 Å². The van der Waals surface area contributed by atoms with Crippen molar-refractivity contribution in [2.45, 2.75) is 12.5 Å². The fourth-order valence-corrected chi connectivity index (χ4v) is 2.38. The van der Waals surface area contributed by atoms with Crippen LogP contribution in [-0.2, 0) is 9.53 Å². The molecule has 5 nitrogen and oxygen atoms in total. The molecule has 126 valence electrons. The molecule has 1 fully saturated rings. The number of nitrogens with one attached hydrogen (secondary N) is 1. The van der Waals surface area contributed by atoms with Crippen LogP contribution < -0.4 is 5.32 Å². The zero-order chi connectivity index (χ0) is 16.7. The van der Waals surface area contributed by atoms with Crippen molar-refractivity contribution in [1.29, 1.82) is 0 Å². The third-order valence-electron chi connectivity index (χ3n) is 3.61. The van der Waals surface area contributed by atoms with E-state index in [9.17, 15) is 14.3 Å². The number of hydrogen-bond acceptors (Lipinski definition) is 4. The molecular weight excluding hydrogens is 299 g/mol. The molecule has 2 N–H and O–H groups in total. The second-order valence-electron chi connectivity index (χ2n) is 5.99. The smallest absolute Gasteiger partial charge is 0.244 e. The molecule has 1 aliphatic rings. The molecule has 1 atom stereocenters. The Hall–Kier alpha value is -1.76. The Kier molecular flexibility index (Phi) is 6.27. The number of morpholine rings is 1. The molecule has 0 saturated carbocycles. The van der Waals surface area contributed by atoms with E-state index in [0.717, 1.165) is 18.7 Å². The van der Waals surface area contributed by atoms with Gasteiger partial charge in [0, 0.05) is 32.3 Å². The summed E-state index contributed by atoms with van der Waals surface area (Å²) >= 11 is 0. The lowest BCUT2D eigenvalue weighted by atomic mass is 10.1. The number of carbonyl (C=O) groups excluding carboxylic acids is 1. The highest BCUT2D eigenvalue weighted by molar-refractivity contribution is 5.91. The fraction of sp³-hybridized carbons (Fsp3) is 0.471. The predicted molar refractivity (Wildman–Crippen MR) is 86.3 cm³/mol. The topological polar surface area (TPSA) is 61.8 Å². The Morgan fingerprint density at radius 1 is 1.39 bits per heavy atom. The number of hydrogen-bond donors (Lipinski definition) is 2. The van der Waals surface area contributed by atoms with Crippen molar-refractivity contribution in [3.8, 4) is 0 Å². The summed E-state index contributed by atoms with van der Waals surface area (Å²) in [5.74, 6) is -0.609. The Bertz CT molecular complexity index is 537. The summed E-state index contributed by atoms with van der Waals surface area (Å²) in [7, 11) is 0. The second kappa shape index (κ2) is 8.19. The van der Waals surface area contributed by atoms with Crippen LogP contribution in [0.1, 0.15) is 12.5 Å². The summed E-state index contributed by atoms with van der Waals surface area (Å²) in [6.07, 6.45) is 2.98. The van der Waals surface area contributed by atoms with Crippen LogP contribution in [0.2, 0.25) is 0 Å². The minimum atomic E-state index is -1.00. The molecule has 1 amide bonds. The Morgan fingerprint density at radius 3 is 2.70 bits per heavy atom. The van der Waals surface area contributed by atoms with Gasteiger partial charge in [-0.2, -0.15) is 0 Å². The van der Waals surface area contributed by atoms with Gasteiger partial charge in [-0.25, -0.2) is 4.39 Å². The first-order valence-electron chi connectivity index (χ1n) is 7.69. The number of β-amino-alcohol motifs (C(OH)–C–C–N with tert-alkyl or cyclic N) is 1. The lowest BCUT2D eigenvalue weighted by Crippen LogP contribution is -2.51. The van der Waals surface area contributed by atoms with Crippen LogP contribution in [0.15, 0.2) is 30.3 Å². The van der Waals surface area contributed by atoms with Crippen LogP contribution in [0.3, 0.4) is 0 Å². The Labute approximate surface area is 135 Å². The van der Waals surface area contributed by atoms with E-state index in [-0.39, 0.29) is 18.3 Å².